The molecule has 0 atom stereocenters. The SMILES string of the molecule is CCc1c(N2COC(C3(c4ccc(Cl)cc4)CC3)=N2)nn(-c2ccc(Cl)cc2Cl)c1-c1ccc(Br)cc1. The van der Waals surface area contributed by atoms with Crippen LogP contribution in [0.5, 0.6) is 0 Å². The Balaban J connectivity index is 1.47. The molecule has 3 aromatic carbocycles. The van der Waals surface area contributed by atoms with Gasteiger partial charge in [-0.3, -0.25) is 0 Å². The summed E-state index contributed by atoms with van der Waals surface area (Å²) in [6.45, 7) is 2.41. The van der Waals surface area contributed by atoms with Gasteiger partial charge in [0.25, 0.3) is 0 Å². The molecule has 1 aliphatic heterocycles. The second kappa shape index (κ2) is 9.66. The van der Waals surface area contributed by atoms with Gasteiger partial charge in [0, 0.05) is 25.6 Å². The average Bonchev–Trinajstić information content (AvgIpc) is 3.38. The average molecular weight is 617 g/mol. The van der Waals surface area contributed by atoms with Gasteiger partial charge in [-0.05, 0) is 67.3 Å². The highest BCUT2D eigenvalue weighted by atomic mass is 79.9. The lowest BCUT2D eigenvalue weighted by Crippen LogP contribution is -2.20. The number of benzene rings is 3. The third-order valence-electron chi connectivity index (χ3n) is 6.91. The Labute approximate surface area is 238 Å². The second-order valence-electron chi connectivity index (χ2n) is 9.19. The van der Waals surface area contributed by atoms with Crippen molar-refractivity contribution in [3.8, 4) is 16.9 Å². The number of anilines is 1. The van der Waals surface area contributed by atoms with Crippen LogP contribution in [0.15, 0.2) is 76.3 Å². The Morgan fingerprint density at radius 1 is 0.946 bits per heavy atom. The highest BCUT2D eigenvalue weighted by Gasteiger charge is 2.52. The normalized spacial score (nSPS) is 16.0. The molecule has 9 heteroatoms. The molecule has 37 heavy (non-hydrogen) atoms. The van der Waals surface area contributed by atoms with E-state index in [9.17, 15) is 0 Å². The molecule has 1 aromatic heterocycles. The fourth-order valence-corrected chi connectivity index (χ4v) is 5.73. The topological polar surface area (TPSA) is 42.6 Å². The largest absolute Gasteiger partial charge is 0.456 e. The molecule has 1 fully saturated rings. The molecule has 1 saturated carbocycles. The minimum Gasteiger partial charge on any atom is -0.456 e. The summed E-state index contributed by atoms with van der Waals surface area (Å²) in [5.41, 5.74) is 4.74. The van der Waals surface area contributed by atoms with E-state index in [0.717, 1.165) is 63.0 Å². The first-order chi connectivity index (χ1) is 17.9. The van der Waals surface area contributed by atoms with Gasteiger partial charge in [0.2, 0.25) is 5.90 Å². The van der Waals surface area contributed by atoms with Gasteiger partial charge in [-0.15, -0.1) is 10.2 Å². The molecule has 4 aromatic rings. The van der Waals surface area contributed by atoms with Crippen LogP contribution in [0.1, 0.15) is 30.9 Å². The summed E-state index contributed by atoms with van der Waals surface area (Å²) in [6.07, 6.45) is 2.72. The first-order valence-electron chi connectivity index (χ1n) is 12.0. The lowest BCUT2D eigenvalue weighted by molar-refractivity contribution is 0.320. The number of nitrogens with zero attached hydrogens (tertiary/aromatic N) is 4. The quantitative estimate of drug-likeness (QED) is 0.218. The molecule has 2 heterocycles. The van der Waals surface area contributed by atoms with E-state index in [0.29, 0.717) is 16.8 Å². The van der Waals surface area contributed by atoms with E-state index in [1.165, 1.54) is 5.56 Å². The van der Waals surface area contributed by atoms with Crippen LogP contribution < -0.4 is 5.01 Å². The van der Waals surface area contributed by atoms with Crippen molar-refractivity contribution in [3.63, 3.8) is 0 Å². The summed E-state index contributed by atoms with van der Waals surface area (Å²) >= 11 is 22.5. The zero-order valence-corrected chi connectivity index (χ0v) is 23.7. The third kappa shape index (κ3) is 4.44. The van der Waals surface area contributed by atoms with Gasteiger partial charge in [-0.25, -0.2) is 9.69 Å². The number of hydrazone groups is 1. The van der Waals surface area contributed by atoms with Crippen LogP contribution in [0.4, 0.5) is 5.82 Å². The summed E-state index contributed by atoms with van der Waals surface area (Å²) in [5.74, 6) is 1.47. The Kier molecular flexibility index (Phi) is 6.48. The molecular formula is C28H22BrCl3N4O. The van der Waals surface area contributed by atoms with E-state index in [1.54, 1.807) is 6.07 Å². The molecular weight excluding hydrogens is 595 g/mol. The van der Waals surface area contributed by atoms with Crippen LogP contribution in [0.3, 0.4) is 0 Å². The Morgan fingerprint density at radius 3 is 2.30 bits per heavy atom. The lowest BCUT2D eigenvalue weighted by atomic mass is 9.96. The number of hydrogen-bond donors (Lipinski definition) is 0. The fourth-order valence-electron chi connectivity index (χ4n) is 4.86. The summed E-state index contributed by atoms with van der Waals surface area (Å²) in [6, 6.07) is 21.6. The predicted molar refractivity (Wildman–Crippen MR) is 154 cm³/mol. The van der Waals surface area contributed by atoms with Gasteiger partial charge in [0.1, 0.15) is 0 Å². The molecule has 0 bridgehead atoms. The van der Waals surface area contributed by atoms with Crippen LogP contribution in [0.25, 0.3) is 16.9 Å². The summed E-state index contributed by atoms with van der Waals surface area (Å²) < 4.78 is 9.08. The van der Waals surface area contributed by atoms with E-state index >= 15 is 0 Å². The zero-order chi connectivity index (χ0) is 25.7. The van der Waals surface area contributed by atoms with Crippen LogP contribution in [0.2, 0.25) is 15.1 Å². The second-order valence-corrected chi connectivity index (χ2v) is 11.4. The fraction of sp³-hybridized carbons (Fsp3) is 0.214. The zero-order valence-electron chi connectivity index (χ0n) is 19.9. The molecule has 0 saturated heterocycles. The van der Waals surface area contributed by atoms with Gasteiger partial charge in [-0.1, -0.05) is 81.9 Å². The van der Waals surface area contributed by atoms with Crippen molar-refractivity contribution in [1.29, 1.82) is 0 Å². The van der Waals surface area contributed by atoms with Gasteiger partial charge >= 0.3 is 0 Å². The van der Waals surface area contributed by atoms with E-state index in [1.807, 2.05) is 46.1 Å². The van der Waals surface area contributed by atoms with Crippen LogP contribution in [0, 0.1) is 0 Å². The monoisotopic (exact) mass is 614 g/mol. The number of halogens is 4. The molecule has 0 spiro atoms. The smallest absolute Gasteiger partial charge is 0.219 e. The minimum atomic E-state index is -0.206. The lowest BCUT2D eigenvalue weighted by Gasteiger charge is -2.13. The molecule has 0 N–H and O–H groups in total. The van der Waals surface area contributed by atoms with Crippen molar-refractivity contribution in [3.05, 3.63) is 97.4 Å². The van der Waals surface area contributed by atoms with Gasteiger partial charge in [0.05, 0.1) is 21.8 Å². The molecule has 1 aliphatic carbocycles. The number of aromatic nitrogens is 2. The molecule has 188 valence electrons. The van der Waals surface area contributed by atoms with Crippen LogP contribution in [-0.2, 0) is 16.6 Å². The standard InChI is InChI=1S/C28H22BrCl3N4O/c1-2-22-25(17-3-7-19(29)8-4-17)36(24-12-11-21(31)15-23(24)32)33-26(22)35-16-37-27(34-35)28(13-14-28)18-5-9-20(30)10-6-18/h3-12,15H,2,13-14,16H2,1H3. The molecule has 6 rings (SSSR count). The van der Waals surface area contributed by atoms with Crippen molar-refractivity contribution in [2.24, 2.45) is 5.10 Å². The van der Waals surface area contributed by atoms with Crippen molar-refractivity contribution in [1.82, 2.24) is 9.78 Å². The summed E-state index contributed by atoms with van der Waals surface area (Å²) in [4.78, 5) is 0. The maximum Gasteiger partial charge on any atom is 0.219 e. The highest BCUT2D eigenvalue weighted by molar-refractivity contribution is 9.10. The Morgan fingerprint density at radius 2 is 1.65 bits per heavy atom. The molecule has 2 aliphatic rings. The van der Waals surface area contributed by atoms with Crippen LogP contribution in [-0.4, -0.2) is 22.4 Å². The predicted octanol–water partition coefficient (Wildman–Crippen LogP) is 8.66. The Hall–Kier alpha value is -2.51. The van der Waals surface area contributed by atoms with Crippen molar-refractivity contribution in [2.45, 2.75) is 31.6 Å². The number of hydrogen-bond acceptors (Lipinski definition) is 4. The van der Waals surface area contributed by atoms with Gasteiger partial charge < -0.3 is 4.74 Å². The van der Waals surface area contributed by atoms with Crippen molar-refractivity contribution >= 4 is 62.4 Å². The van der Waals surface area contributed by atoms with E-state index in [-0.39, 0.29) is 5.41 Å². The first kappa shape index (κ1) is 24.8. The van der Waals surface area contributed by atoms with E-state index in [2.05, 4.69) is 47.1 Å². The van der Waals surface area contributed by atoms with Crippen molar-refractivity contribution in [2.75, 3.05) is 11.7 Å². The summed E-state index contributed by atoms with van der Waals surface area (Å²) in [7, 11) is 0. The van der Waals surface area contributed by atoms with Crippen molar-refractivity contribution < 1.29 is 4.74 Å². The maximum atomic E-state index is 6.66. The third-order valence-corrected chi connectivity index (χ3v) is 8.23. The maximum absolute atomic E-state index is 6.66. The first-order valence-corrected chi connectivity index (χ1v) is 13.9. The van der Waals surface area contributed by atoms with E-state index in [4.69, 9.17) is 49.7 Å². The molecule has 0 unspecified atom stereocenters. The molecule has 5 nitrogen and oxygen atoms in total. The highest BCUT2D eigenvalue weighted by Crippen LogP contribution is 2.51. The van der Waals surface area contributed by atoms with Gasteiger partial charge in [0.15, 0.2) is 12.5 Å². The van der Waals surface area contributed by atoms with Crippen LogP contribution >= 0.6 is 50.7 Å². The number of ether oxygens (including phenoxy) is 1. The van der Waals surface area contributed by atoms with E-state index < -0.39 is 0 Å². The minimum absolute atomic E-state index is 0.206. The molecule has 0 amide bonds. The molecule has 0 radical (unpaired) electrons. The number of rotatable bonds is 6. The summed E-state index contributed by atoms with van der Waals surface area (Å²) in [5, 5.41) is 13.7. The Bertz CT molecular complexity index is 1510. The van der Waals surface area contributed by atoms with Gasteiger partial charge in [-0.2, -0.15) is 0 Å².